The molecule has 2 amide bonds. The number of ether oxygens (including phenoxy) is 2. The van der Waals surface area contributed by atoms with Crippen LogP contribution < -0.4 is 10.1 Å². The average Bonchev–Trinajstić information content (AvgIpc) is 3.19. The highest BCUT2D eigenvalue weighted by atomic mass is 35.5. The zero-order chi connectivity index (χ0) is 18.3. The van der Waals surface area contributed by atoms with Crippen LogP contribution in [0.1, 0.15) is 19.3 Å². The van der Waals surface area contributed by atoms with Crippen molar-refractivity contribution in [2.75, 3.05) is 26.3 Å². The number of halogens is 2. The molecule has 0 aromatic heterocycles. The van der Waals surface area contributed by atoms with Gasteiger partial charge in [-0.3, -0.25) is 4.79 Å². The van der Waals surface area contributed by atoms with Crippen LogP contribution in [0.4, 0.5) is 9.18 Å². The molecule has 0 radical (unpaired) electrons. The normalized spacial score (nSPS) is 30.1. The van der Waals surface area contributed by atoms with E-state index in [-0.39, 0.29) is 28.3 Å². The monoisotopic (exact) mass is 382 g/mol. The average molecular weight is 383 g/mol. The highest BCUT2D eigenvalue weighted by Gasteiger charge is 2.53. The van der Waals surface area contributed by atoms with Crippen molar-refractivity contribution in [3.05, 3.63) is 29.0 Å². The molecule has 1 aliphatic carbocycles. The Kier molecular flexibility index (Phi) is 4.42. The lowest BCUT2D eigenvalue weighted by Gasteiger charge is -2.43. The highest BCUT2D eigenvalue weighted by molar-refractivity contribution is 6.32. The Morgan fingerprint density at radius 1 is 1.46 bits per heavy atom. The second-order valence-electron chi connectivity index (χ2n) is 7.41. The molecule has 8 heteroatoms. The van der Waals surface area contributed by atoms with Gasteiger partial charge in [-0.2, -0.15) is 0 Å². The SMILES string of the molecule is O=C1N[C@]2(CO1)C[C@H](C(=O)N1CCC(COc3ccc(F)cc3Cl)C1)C2. The van der Waals surface area contributed by atoms with E-state index in [0.29, 0.717) is 44.9 Å². The summed E-state index contributed by atoms with van der Waals surface area (Å²) >= 11 is 5.96. The second kappa shape index (κ2) is 6.61. The molecule has 4 rings (SSSR count). The van der Waals surface area contributed by atoms with Crippen molar-refractivity contribution in [3.63, 3.8) is 0 Å². The zero-order valence-electron chi connectivity index (χ0n) is 14.2. The van der Waals surface area contributed by atoms with E-state index in [1.54, 1.807) is 0 Å². The predicted molar refractivity (Wildman–Crippen MR) is 91.5 cm³/mol. The van der Waals surface area contributed by atoms with Crippen LogP contribution in [-0.4, -0.2) is 48.7 Å². The quantitative estimate of drug-likeness (QED) is 0.869. The van der Waals surface area contributed by atoms with Crippen molar-refractivity contribution in [2.45, 2.75) is 24.8 Å². The first kappa shape index (κ1) is 17.4. The van der Waals surface area contributed by atoms with E-state index in [0.717, 1.165) is 6.42 Å². The first-order valence-electron chi connectivity index (χ1n) is 8.76. The fourth-order valence-electron chi connectivity index (χ4n) is 4.00. The van der Waals surface area contributed by atoms with Crippen molar-refractivity contribution >= 4 is 23.6 Å². The van der Waals surface area contributed by atoms with Gasteiger partial charge in [-0.1, -0.05) is 11.6 Å². The molecule has 1 saturated carbocycles. The first-order valence-corrected chi connectivity index (χ1v) is 9.13. The molecule has 0 bridgehead atoms. The van der Waals surface area contributed by atoms with Crippen LogP contribution in [0.25, 0.3) is 0 Å². The van der Waals surface area contributed by atoms with E-state index in [4.69, 9.17) is 21.1 Å². The molecule has 2 heterocycles. The van der Waals surface area contributed by atoms with E-state index in [1.165, 1.54) is 18.2 Å². The van der Waals surface area contributed by atoms with Gasteiger partial charge >= 0.3 is 6.09 Å². The number of benzene rings is 1. The lowest BCUT2D eigenvalue weighted by molar-refractivity contribution is -0.140. The number of rotatable bonds is 4. The number of alkyl carbamates (subject to hydrolysis) is 1. The topological polar surface area (TPSA) is 67.9 Å². The Bertz CT molecular complexity index is 738. The Morgan fingerprint density at radius 3 is 2.96 bits per heavy atom. The molecule has 3 aliphatic rings. The number of amides is 2. The standard InChI is InChI=1S/C18H20ClFN2O4/c19-14-5-13(20)1-2-15(14)25-9-11-3-4-22(8-11)16(23)12-6-18(7-12)10-26-17(24)21-18/h1-2,5,11-12H,3-4,6-10H2,(H,21,24)/t11?,12-,18+. The lowest BCUT2D eigenvalue weighted by Crippen LogP contribution is -2.58. The maximum absolute atomic E-state index is 13.1. The van der Waals surface area contributed by atoms with Gasteiger partial charge in [-0.05, 0) is 37.5 Å². The van der Waals surface area contributed by atoms with Gasteiger partial charge in [0.2, 0.25) is 5.91 Å². The molecule has 26 heavy (non-hydrogen) atoms. The van der Waals surface area contributed by atoms with Gasteiger partial charge in [-0.25, -0.2) is 9.18 Å². The van der Waals surface area contributed by atoms with Gasteiger partial charge < -0.3 is 19.7 Å². The Labute approximate surface area is 155 Å². The number of nitrogens with zero attached hydrogens (tertiary/aromatic N) is 1. The predicted octanol–water partition coefficient (Wildman–Crippen LogP) is 2.60. The number of hydrogen-bond acceptors (Lipinski definition) is 4. The molecule has 6 nitrogen and oxygen atoms in total. The van der Waals surface area contributed by atoms with Crippen LogP contribution in [0, 0.1) is 17.7 Å². The Morgan fingerprint density at radius 2 is 2.27 bits per heavy atom. The summed E-state index contributed by atoms with van der Waals surface area (Å²) in [5, 5.41) is 3.05. The van der Waals surface area contributed by atoms with Crippen LogP contribution >= 0.6 is 11.6 Å². The highest BCUT2D eigenvalue weighted by Crippen LogP contribution is 2.42. The van der Waals surface area contributed by atoms with E-state index in [2.05, 4.69) is 5.32 Å². The van der Waals surface area contributed by atoms with E-state index in [9.17, 15) is 14.0 Å². The number of carbonyl (C=O) groups excluding carboxylic acids is 2. The maximum Gasteiger partial charge on any atom is 0.407 e. The number of cyclic esters (lactones) is 1. The fourth-order valence-corrected chi connectivity index (χ4v) is 4.22. The summed E-state index contributed by atoms with van der Waals surface area (Å²) in [5.41, 5.74) is -0.334. The Balaban J connectivity index is 1.25. The number of likely N-dealkylation sites (tertiary alicyclic amines) is 1. The molecule has 140 valence electrons. The lowest BCUT2D eigenvalue weighted by atomic mass is 9.68. The number of carbonyl (C=O) groups is 2. The van der Waals surface area contributed by atoms with Crippen LogP contribution in [0.3, 0.4) is 0 Å². The molecule has 1 unspecified atom stereocenters. The van der Waals surface area contributed by atoms with Gasteiger partial charge in [0.25, 0.3) is 0 Å². The van der Waals surface area contributed by atoms with Crippen LogP contribution in [0.2, 0.25) is 5.02 Å². The fraction of sp³-hybridized carbons (Fsp3) is 0.556. The third kappa shape index (κ3) is 3.32. The summed E-state index contributed by atoms with van der Waals surface area (Å²) in [6.07, 6.45) is 1.75. The smallest absolute Gasteiger partial charge is 0.407 e. The minimum Gasteiger partial charge on any atom is -0.492 e. The van der Waals surface area contributed by atoms with Crippen LogP contribution in [0.5, 0.6) is 5.75 Å². The largest absolute Gasteiger partial charge is 0.492 e. The van der Waals surface area contributed by atoms with Gasteiger partial charge in [-0.15, -0.1) is 0 Å². The molecule has 1 N–H and O–H groups in total. The van der Waals surface area contributed by atoms with Crippen LogP contribution in [0.15, 0.2) is 18.2 Å². The molecule has 1 atom stereocenters. The Hall–Kier alpha value is -2.02. The summed E-state index contributed by atoms with van der Waals surface area (Å²) in [6, 6.07) is 4.05. The third-order valence-electron chi connectivity index (χ3n) is 5.44. The third-order valence-corrected chi connectivity index (χ3v) is 5.73. The van der Waals surface area contributed by atoms with Gasteiger partial charge in [0, 0.05) is 24.9 Å². The van der Waals surface area contributed by atoms with E-state index < -0.39 is 11.9 Å². The molecule has 1 spiro atoms. The van der Waals surface area contributed by atoms with E-state index in [1.807, 2.05) is 4.90 Å². The van der Waals surface area contributed by atoms with Gasteiger partial charge in [0.1, 0.15) is 18.2 Å². The first-order chi connectivity index (χ1) is 12.4. The maximum atomic E-state index is 13.1. The second-order valence-corrected chi connectivity index (χ2v) is 7.82. The van der Waals surface area contributed by atoms with Gasteiger partial charge in [0.05, 0.1) is 17.2 Å². The summed E-state index contributed by atoms with van der Waals surface area (Å²) in [7, 11) is 0. The number of hydrogen-bond donors (Lipinski definition) is 1. The molecule has 3 fully saturated rings. The summed E-state index contributed by atoms with van der Waals surface area (Å²) < 4.78 is 23.7. The van der Waals surface area contributed by atoms with Crippen molar-refractivity contribution < 1.29 is 23.5 Å². The van der Waals surface area contributed by atoms with Crippen LogP contribution in [-0.2, 0) is 9.53 Å². The van der Waals surface area contributed by atoms with Crippen molar-refractivity contribution in [1.82, 2.24) is 10.2 Å². The molecule has 1 aromatic rings. The summed E-state index contributed by atoms with van der Waals surface area (Å²) in [6.45, 7) is 2.14. The minimum absolute atomic E-state index is 0.0526. The molecule has 1 aromatic carbocycles. The van der Waals surface area contributed by atoms with Crippen molar-refractivity contribution in [3.8, 4) is 5.75 Å². The van der Waals surface area contributed by atoms with Crippen molar-refractivity contribution in [1.29, 1.82) is 0 Å². The van der Waals surface area contributed by atoms with Gasteiger partial charge in [0.15, 0.2) is 0 Å². The molecule has 2 aliphatic heterocycles. The van der Waals surface area contributed by atoms with Crippen molar-refractivity contribution in [2.24, 2.45) is 11.8 Å². The zero-order valence-corrected chi connectivity index (χ0v) is 14.9. The number of nitrogens with one attached hydrogen (secondary N) is 1. The summed E-state index contributed by atoms with van der Waals surface area (Å²) in [5.74, 6) is 0.365. The minimum atomic E-state index is -0.401. The molecular formula is C18H20ClFN2O4. The molecular weight excluding hydrogens is 363 g/mol. The van der Waals surface area contributed by atoms with E-state index >= 15 is 0 Å². The summed E-state index contributed by atoms with van der Waals surface area (Å²) in [4.78, 5) is 25.7. The molecule has 2 saturated heterocycles.